The zero-order valence-corrected chi connectivity index (χ0v) is 18.5. The van der Waals surface area contributed by atoms with Crippen LogP contribution in [-0.4, -0.2) is 51.4 Å². The molecule has 0 radical (unpaired) electrons. The summed E-state index contributed by atoms with van der Waals surface area (Å²) in [7, 11) is 0. The molecule has 1 atom stereocenters. The molecule has 10 nitrogen and oxygen atoms in total. The van der Waals surface area contributed by atoms with Crippen LogP contribution in [-0.2, 0) is 13.0 Å². The van der Waals surface area contributed by atoms with E-state index in [4.69, 9.17) is 13.9 Å². The summed E-state index contributed by atoms with van der Waals surface area (Å²) < 4.78 is 17.8. The fourth-order valence-corrected chi connectivity index (χ4v) is 4.14. The van der Waals surface area contributed by atoms with E-state index in [1.165, 1.54) is 12.5 Å². The molecule has 0 aliphatic carbocycles. The van der Waals surface area contributed by atoms with E-state index in [1.54, 1.807) is 24.3 Å². The van der Waals surface area contributed by atoms with Gasteiger partial charge in [-0.15, -0.1) is 10.2 Å². The molecule has 0 spiro atoms. The topological polar surface area (TPSA) is 112 Å². The minimum Gasteiger partial charge on any atom is -0.472 e. The lowest BCUT2D eigenvalue weighted by molar-refractivity contribution is 0.0758. The normalized spacial score (nSPS) is 15.8. The summed E-state index contributed by atoms with van der Waals surface area (Å²) in [6, 6.07) is 6.53. The Morgan fingerprint density at radius 2 is 1.88 bits per heavy atom. The van der Waals surface area contributed by atoms with Gasteiger partial charge in [-0.3, -0.25) is 9.59 Å². The average Bonchev–Trinajstić information content (AvgIpc) is 3.55. The molecule has 10 heteroatoms. The van der Waals surface area contributed by atoms with Crippen molar-refractivity contribution in [3.8, 4) is 11.5 Å². The fourth-order valence-electron chi connectivity index (χ4n) is 4.14. The molecular weight excluding hydrogens is 426 g/mol. The van der Waals surface area contributed by atoms with Gasteiger partial charge in [0, 0.05) is 31.6 Å². The van der Waals surface area contributed by atoms with Crippen molar-refractivity contribution in [3.05, 3.63) is 59.6 Å². The van der Waals surface area contributed by atoms with Gasteiger partial charge in [0.15, 0.2) is 17.3 Å². The van der Waals surface area contributed by atoms with Gasteiger partial charge >= 0.3 is 0 Å². The summed E-state index contributed by atoms with van der Waals surface area (Å²) in [5, 5.41) is 11.8. The van der Waals surface area contributed by atoms with E-state index in [1.807, 2.05) is 23.3 Å². The first-order valence-electron chi connectivity index (χ1n) is 10.9. The van der Waals surface area contributed by atoms with Gasteiger partial charge in [-0.05, 0) is 30.2 Å². The van der Waals surface area contributed by atoms with Gasteiger partial charge < -0.3 is 28.7 Å². The van der Waals surface area contributed by atoms with Crippen molar-refractivity contribution in [2.45, 2.75) is 32.9 Å². The number of carbonyl (C=O) groups excluding carboxylic acids is 2. The zero-order chi connectivity index (χ0) is 22.9. The van der Waals surface area contributed by atoms with Crippen LogP contribution >= 0.6 is 0 Å². The Bertz CT molecular complexity index is 1170. The maximum absolute atomic E-state index is 13.1. The number of nitrogens with one attached hydrogen (secondary N) is 1. The predicted molar refractivity (Wildman–Crippen MR) is 116 cm³/mol. The van der Waals surface area contributed by atoms with E-state index in [0.717, 1.165) is 5.82 Å². The predicted octanol–water partition coefficient (Wildman–Crippen LogP) is 2.43. The van der Waals surface area contributed by atoms with Crippen LogP contribution in [0.4, 0.5) is 0 Å². The van der Waals surface area contributed by atoms with Gasteiger partial charge in [0.05, 0.1) is 17.9 Å². The van der Waals surface area contributed by atoms with Gasteiger partial charge in [0.2, 0.25) is 6.79 Å². The van der Waals surface area contributed by atoms with Crippen molar-refractivity contribution in [1.82, 2.24) is 25.0 Å². The quantitative estimate of drug-likeness (QED) is 0.634. The highest BCUT2D eigenvalue weighted by molar-refractivity contribution is 5.95. The Balaban J connectivity index is 1.33. The van der Waals surface area contributed by atoms with Crippen molar-refractivity contribution < 1.29 is 23.5 Å². The van der Waals surface area contributed by atoms with E-state index in [2.05, 4.69) is 15.5 Å². The first-order chi connectivity index (χ1) is 16.0. The summed E-state index contributed by atoms with van der Waals surface area (Å²) in [4.78, 5) is 27.6. The molecule has 0 saturated heterocycles. The largest absolute Gasteiger partial charge is 0.472 e. The summed E-state index contributed by atoms with van der Waals surface area (Å²) >= 11 is 0. The molecule has 2 aromatic heterocycles. The van der Waals surface area contributed by atoms with Crippen LogP contribution in [0.15, 0.2) is 41.2 Å². The summed E-state index contributed by atoms with van der Waals surface area (Å²) in [6.45, 7) is 5.79. The smallest absolute Gasteiger partial charge is 0.255 e. The van der Waals surface area contributed by atoms with Crippen LogP contribution < -0.4 is 14.8 Å². The Morgan fingerprint density at radius 1 is 1.03 bits per heavy atom. The highest BCUT2D eigenvalue weighted by Gasteiger charge is 2.29. The SMILES string of the molecule is CC(C)C(NC(=O)c1ccoc1)c1nnc2n1CCN(C(=O)c1ccc3c(c1)OCO3)CC2. The lowest BCUT2D eigenvalue weighted by atomic mass is 10.0. The minimum absolute atomic E-state index is 0.0674. The van der Waals surface area contributed by atoms with E-state index >= 15 is 0 Å². The molecule has 0 saturated carbocycles. The van der Waals surface area contributed by atoms with Crippen LogP contribution in [0.3, 0.4) is 0 Å². The maximum Gasteiger partial charge on any atom is 0.255 e. The second kappa shape index (κ2) is 8.61. The molecule has 0 fully saturated rings. The lowest BCUT2D eigenvalue weighted by Gasteiger charge is -2.23. The molecule has 1 N–H and O–H groups in total. The number of ether oxygens (including phenoxy) is 2. The van der Waals surface area contributed by atoms with Gasteiger partial charge in [-0.25, -0.2) is 0 Å². The number of benzene rings is 1. The second-order valence-electron chi connectivity index (χ2n) is 8.44. The van der Waals surface area contributed by atoms with Crippen molar-refractivity contribution >= 4 is 11.8 Å². The molecule has 2 amide bonds. The molecule has 2 aliphatic heterocycles. The molecule has 0 bridgehead atoms. The highest BCUT2D eigenvalue weighted by Crippen LogP contribution is 2.33. The first-order valence-corrected chi connectivity index (χ1v) is 10.9. The van der Waals surface area contributed by atoms with E-state index in [-0.39, 0.29) is 30.6 Å². The Kier molecular flexibility index (Phi) is 5.49. The number of amides is 2. The van der Waals surface area contributed by atoms with Crippen molar-refractivity contribution in [3.63, 3.8) is 0 Å². The molecule has 3 aromatic rings. The molecule has 33 heavy (non-hydrogen) atoms. The summed E-state index contributed by atoms with van der Waals surface area (Å²) in [6.07, 6.45) is 3.45. The number of hydrogen-bond donors (Lipinski definition) is 1. The van der Waals surface area contributed by atoms with E-state index < -0.39 is 0 Å². The summed E-state index contributed by atoms with van der Waals surface area (Å²) in [5.74, 6) is 2.51. The summed E-state index contributed by atoms with van der Waals surface area (Å²) in [5.41, 5.74) is 1.02. The number of furan rings is 1. The monoisotopic (exact) mass is 451 g/mol. The average molecular weight is 451 g/mol. The lowest BCUT2D eigenvalue weighted by Crippen LogP contribution is -2.35. The number of fused-ring (bicyclic) bond motifs is 2. The standard InChI is InChI=1S/C23H25N5O5/c1-14(2)20(24-22(29)16-6-10-31-12-16)21-26-25-19-5-7-27(8-9-28(19)21)23(30)15-3-4-17-18(11-15)33-13-32-17/h3-4,6,10-12,14,20H,5,7-9,13H2,1-2H3,(H,24,29). The zero-order valence-electron chi connectivity index (χ0n) is 18.5. The van der Waals surface area contributed by atoms with E-state index in [9.17, 15) is 9.59 Å². The number of aromatic nitrogens is 3. The van der Waals surface area contributed by atoms with Gasteiger partial charge in [-0.2, -0.15) is 0 Å². The van der Waals surface area contributed by atoms with Crippen molar-refractivity contribution in [2.24, 2.45) is 5.92 Å². The third-order valence-corrected chi connectivity index (χ3v) is 5.98. The Labute approximate surface area is 190 Å². The third-order valence-electron chi connectivity index (χ3n) is 5.98. The molecule has 1 unspecified atom stereocenters. The molecule has 2 aliphatic rings. The Morgan fingerprint density at radius 3 is 2.67 bits per heavy atom. The van der Waals surface area contributed by atoms with Crippen molar-refractivity contribution in [2.75, 3.05) is 19.9 Å². The van der Waals surface area contributed by atoms with Crippen molar-refractivity contribution in [1.29, 1.82) is 0 Å². The number of carbonyl (C=O) groups is 2. The molecule has 1 aromatic carbocycles. The highest BCUT2D eigenvalue weighted by atomic mass is 16.7. The Hall–Kier alpha value is -3.82. The third kappa shape index (κ3) is 4.04. The molecular formula is C23H25N5O5. The van der Waals surface area contributed by atoms with E-state index in [0.29, 0.717) is 54.5 Å². The first kappa shape index (κ1) is 21.0. The maximum atomic E-state index is 13.1. The minimum atomic E-state index is -0.329. The fraction of sp³-hybridized carbons (Fsp3) is 0.391. The van der Waals surface area contributed by atoms with Crippen LogP contribution in [0.1, 0.15) is 52.3 Å². The van der Waals surface area contributed by atoms with Gasteiger partial charge in [-0.1, -0.05) is 13.8 Å². The number of hydrogen-bond acceptors (Lipinski definition) is 7. The second-order valence-corrected chi connectivity index (χ2v) is 8.44. The number of nitrogens with zero attached hydrogens (tertiary/aromatic N) is 4. The molecule has 5 rings (SSSR count). The van der Waals surface area contributed by atoms with Crippen LogP contribution in [0.2, 0.25) is 0 Å². The number of rotatable bonds is 5. The van der Waals surface area contributed by atoms with Crippen LogP contribution in [0, 0.1) is 5.92 Å². The van der Waals surface area contributed by atoms with Gasteiger partial charge in [0.25, 0.3) is 11.8 Å². The van der Waals surface area contributed by atoms with Crippen LogP contribution in [0.5, 0.6) is 11.5 Å². The molecule has 4 heterocycles. The molecule has 172 valence electrons. The van der Waals surface area contributed by atoms with Crippen LogP contribution in [0.25, 0.3) is 0 Å². The van der Waals surface area contributed by atoms with Gasteiger partial charge in [0.1, 0.15) is 12.1 Å².